The van der Waals surface area contributed by atoms with Gasteiger partial charge in [0.05, 0.1) is 18.6 Å². The molecule has 0 spiro atoms. The molecule has 0 bridgehead atoms. The number of piperidine rings is 1. The van der Waals surface area contributed by atoms with Gasteiger partial charge in [-0.2, -0.15) is 0 Å². The van der Waals surface area contributed by atoms with Crippen molar-refractivity contribution in [3.05, 3.63) is 0 Å². The van der Waals surface area contributed by atoms with Crippen molar-refractivity contribution in [1.82, 2.24) is 10.2 Å². The van der Waals surface area contributed by atoms with Gasteiger partial charge in [-0.05, 0) is 37.5 Å². The average molecular weight is 354 g/mol. The lowest BCUT2D eigenvalue weighted by atomic mass is 9.84. The first-order valence-corrected chi connectivity index (χ1v) is 9.27. The van der Waals surface area contributed by atoms with Crippen molar-refractivity contribution in [2.45, 2.75) is 52.1 Å². The van der Waals surface area contributed by atoms with Crippen molar-refractivity contribution < 1.29 is 24.2 Å². The van der Waals surface area contributed by atoms with E-state index >= 15 is 0 Å². The summed E-state index contributed by atoms with van der Waals surface area (Å²) in [6.07, 6.45) is 3.11. The van der Waals surface area contributed by atoms with Crippen LogP contribution in [-0.4, -0.2) is 60.1 Å². The Labute approximate surface area is 149 Å². The Morgan fingerprint density at radius 3 is 2.48 bits per heavy atom. The van der Waals surface area contributed by atoms with Crippen LogP contribution in [0.3, 0.4) is 0 Å². The molecule has 2 aliphatic heterocycles. The summed E-state index contributed by atoms with van der Waals surface area (Å²) in [5.74, 6) is -0.710. The van der Waals surface area contributed by atoms with Crippen molar-refractivity contribution >= 4 is 17.8 Å². The van der Waals surface area contributed by atoms with Crippen LogP contribution in [0.2, 0.25) is 0 Å². The van der Waals surface area contributed by atoms with Gasteiger partial charge in [0.15, 0.2) is 0 Å². The van der Waals surface area contributed by atoms with Gasteiger partial charge in [-0.3, -0.25) is 14.4 Å². The third-order valence-electron chi connectivity index (χ3n) is 5.20. The van der Waals surface area contributed by atoms with Crippen LogP contribution in [0, 0.1) is 17.8 Å². The normalized spacial score (nSPS) is 24.5. The largest absolute Gasteiger partial charge is 0.481 e. The molecule has 2 N–H and O–H groups in total. The van der Waals surface area contributed by atoms with E-state index in [1.807, 2.05) is 0 Å². The monoisotopic (exact) mass is 354 g/mol. The molecule has 25 heavy (non-hydrogen) atoms. The van der Waals surface area contributed by atoms with E-state index in [0.717, 1.165) is 19.3 Å². The Kier molecular flexibility index (Phi) is 7.23. The van der Waals surface area contributed by atoms with E-state index in [1.54, 1.807) is 4.90 Å². The molecule has 1 unspecified atom stereocenters. The summed E-state index contributed by atoms with van der Waals surface area (Å²) in [7, 11) is 0. The zero-order chi connectivity index (χ0) is 18.4. The molecule has 0 aliphatic carbocycles. The van der Waals surface area contributed by atoms with Crippen molar-refractivity contribution in [1.29, 1.82) is 0 Å². The Morgan fingerprint density at radius 1 is 1.20 bits per heavy atom. The van der Waals surface area contributed by atoms with Crippen molar-refractivity contribution in [2.75, 3.05) is 26.2 Å². The molecule has 0 aromatic rings. The second-order valence-corrected chi connectivity index (χ2v) is 7.50. The molecule has 7 heteroatoms. The number of carbonyl (C=O) groups is 3. The molecule has 142 valence electrons. The minimum absolute atomic E-state index is 0.0409. The predicted molar refractivity (Wildman–Crippen MR) is 91.9 cm³/mol. The fraction of sp³-hybridized carbons (Fsp3) is 0.833. The Hall–Kier alpha value is -1.63. The summed E-state index contributed by atoms with van der Waals surface area (Å²) in [4.78, 5) is 37.0. The van der Waals surface area contributed by atoms with Gasteiger partial charge in [0, 0.05) is 26.1 Å². The van der Waals surface area contributed by atoms with Crippen molar-refractivity contribution in [2.24, 2.45) is 17.8 Å². The quantitative estimate of drug-likeness (QED) is 0.718. The number of nitrogens with zero attached hydrogens (tertiary/aromatic N) is 1. The summed E-state index contributed by atoms with van der Waals surface area (Å²) < 4.78 is 5.65. The number of nitrogens with one attached hydrogen (secondary N) is 1. The molecule has 2 amide bonds. The molecule has 2 fully saturated rings. The highest BCUT2D eigenvalue weighted by Crippen LogP contribution is 2.33. The van der Waals surface area contributed by atoms with Gasteiger partial charge in [-0.15, -0.1) is 0 Å². The molecule has 7 nitrogen and oxygen atoms in total. The van der Waals surface area contributed by atoms with Crippen molar-refractivity contribution in [3.63, 3.8) is 0 Å². The second kappa shape index (κ2) is 9.17. The number of rotatable bonds is 7. The molecule has 0 aromatic carbocycles. The number of hydrogen-bond donors (Lipinski definition) is 2. The smallest absolute Gasteiger partial charge is 0.309 e. The highest BCUT2D eigenvalue weighted by atomic mass is 16.5. The van der Waals surface area contributed by atoms with E-state index in [-0.39, 0.29) is 30.4 Å². The number of carboxylic acid groups (broad SMARTS) is 1. The fourth-order valence-electron chi connectivity index (χ4n) is 3.61. The van der Waals surface area contributed by atoms with Crippen LogP contribution >= 0.6 is 0 Å². The molecular weight excluding hydrogens is 324 g/mol. The second-order valence-electron chi connectivity index (χ2n) is 7.50. The van der Waals surface area contributed by atoms with Gasteiger partial charge in [0.2, 0.25) is 11.8 Å². The summed E-state index contributed by atoms with van der Waals surface area (Å²) in [5, 5.41) is 12.0. The van der Waals surface area contributed by atoms with E-state index in [0.29, 0.717) is 38.5 Å². The minimum atomic E-state index is -0.787. The van der Waals surface area contributed by atoms with Gasteiger partial charge in [0.25, 0.3) is 0 Å². The number of amides is 2. The van der Waals surface area contributed by atoms with Gasteiger partial charge in [-0.1, -0.05) is 13.8 Å². The van der Waals surface area contributed by atoms with Gasteiger partial charge < -0.3 is 20.1 Å². The Balaban J connectivity index is 1.71. The van der Waals surface area contributed by atoms with Crippen LogP contribution in [0.15, 0.2) is 0 Å². The van der Waals surface area contributed by atoms with E-state index in [4.69, 9.17) is 4.74 Å². The zero-order valence-corrected chi connectivity index (χ0v) is 15.2. The maximum atomic E-state index is 12.2. The number of hydrogen-bond acceptors (Lipinski definition) is 4. The highest BCUT2D eigenvalue weighted by molar-refractivity contribution is 5.84. The van der Waals surface area contributed by atoms with Crippen LogP contribution in [0.1, 0.15) is 46.0 Å². The molecule has 0 saturated carbocycles. The van der Waals surface area contributed by atoms with Crippen LogP contribution in [-0.2, 0) is 19.1 Å². The van der Waals surface area contributed by atoms with Gasteiger partial charge in [0.1, 0.15) is 0 Å². The Morgan fingerprint density at radius 2 is 1.88 bits per heavy atom. The predicted octanol–water partition coefficient (Wildman–Crippen LogP) is 1.27. The summed E-state index contributed by atoms with van der Waals surface area (Å²) in [6.45, 7) is 5.86. The first kappa shape index (κ1) is 19.7. The van der Waals surface area contributed by atoms with Crippen molar-refractivity contribution in [3.8, 4) is 0 Å². The van der Waals surface area contributed by atoms with Crippen LogP contribution in [0.5, 0.6) is 0 Å². The lowest BCUT2D eigenvalue weighted by Crippen LogP contribution is -2.46. The molecule has 0 aromatic heterocycles. The maximum absolute atomic E-state index is 12.2. The molecule has 0 radical (unpaired) electrons. The molecule has 2 atom stereocenters. The first-order valence-electron chi connectivity index (χ1n) is 9.27. The topological polar surface area (TPSA) is 95.9 Å². The Bertz CT molecular complexity index is 486. The first-order chi connectivity index (χ1) is 11.9. The summed E-state index contributed by atoms with van der Waals surface area (Å²) in [5.41, 5.74) is 0. The number of likely N-dealkylation sites (tertiary alicyclic amines) is 1. The van der Waals surface area contributed by atoms with E-state index in [9.17, 15) is 19.5 Å². The van der Waals surface area contributed by atoms with Crippen LogP contribution in [0.4, 0.5) is 0 Å². The minimum Gasteiger partial charge on any atom is -0.481 e. The number of aliphatic carboxylic acids is 1. The average Bonchev–Trinajstić information content (AvgIpc) is 3.08. The maximum Gasteiger partial charge on any atom is 0.309 e. The standard InChI is InChI=1S/C18H30N2O5/c1-12(2)3-4-15(21)19-11-16(22)20-8-5-13(6-9-20)17-14(18(23)24)7-10-25-17/h12-14,17H,3-11H2,1-2H3,(H,19,21)(H,23,24)/t14?,17-/m0/s1. The molecule has 2 rings (SSSR count). The van der Waals surface area contributed by atoms with Crippen LogP contribution in [0.25, 0.3) is 0 Å². The molecule has 2 aliphatic rings. The molecule has 2 saturated heterocycles. The molecular formula is C18H30N2O5. The van der Waals surface area contributed by atoms with Gasteiger partial charge in [-0.25, -0.2) is 0 Å². The lowest BCUT2D eigenvalue weighted by Gasteiger charge is -2.35. The zero-order valence-electron chi connectivity index (χ0n) is 15.2. The number of ether oxygens (including phenoxy) is 1. The third kappa shape index (κ3) is 5.70. The lowest BCUT2D eigenvalue weighted by molar-refractivity contribution is -0.145. The van der Waals surface area contributed by atoms with Gasteiger partial charge >= 0.3 is 5.97 Å². The van der Waals surface area contributed by atoms with Crippen LogP contribution < -0.4 is 5.32 Å². The van der Waals surface area contributed by atoms with E-state index in [1.165, 1.54) is 0 Å². The highest BCUT2D eigenvalue weighted by Gasteiger charge is 2.40. The summed E-state index contributed by atoms with van der Waals surface area (Å²) >= 11 is 0. The van der Waals surface area contributed by atoms with E-state index < -0.39 is 11.9 Å². The fourth-order valence-corrected chi connectivity index (χ4v) is 3.61. The van der Waals surface area contributed by atoms with E-state index in [2.05, 4.69) is 19.2 Å². The summed E-state index contributed by atoms with van der Waals surface area (Å²) in [6, 6.07) is 0. The SMILES string of the molecule is CC(C)CCC(=O)NCC(=O)N1CCC([C@@H]2OCCC2C(=O)O)CC1. The number of carbonyl (C=O) groups excluding carboxylic acids is 2. The molecule has 2 heterocycles. The third-order valence-corrected chi connectivity index (χ3v) is 5.20. The number of carboxylic acids is 1.